The van der Waals surface area contributed by atoms with Crippen molar-refractivity contribution < 1.29 is 9.53 Å². The van der Waals surface area contributed by atoms with Gasteiger partial charge in [0.1, 0.15) is 10.6 Å². The molecule has 0 saturated carbocycles. The van der Waals surface area contributed by atoms with E-state index >= 15 is 0 Å². The third-order valence-electron chi connectivity index (χ3n) is 2.58. The van der Waals surface area contributed by atoms with E-state index in [0.717, 1.165) is 22.3 Å². The highest BCUT2D eigenvalue weighted by Gasteiger charge is 2.16. The molecule has 0 atom stereocenters. The number of ether oxygens (including phenoxy) is 1. The van der Waals surface area contributed by atoms with Crippen LogP contribution in [0.3, 0.4) is 0 Å². The first-order valence-corrected chi connectivity index (χ1v) is 6.91. The fourth-order valence-electron chi connectivity index (χ4n) is 1.64. The second kappa shape index (κ2) is 5.59. The zero-order valence-electron chi connectivity index (χ0n) is 10.2. The van der Waals surface area contributed by atoms with Crippen molar-refractivity contribution in [1.29, 1.82) is 0 Å². The van der Waals surface area contributed by atoms with Gasteiger partial charge in [-0.25, -0.2) is 0 Å². The molecule has 0 spiro atoms. The summed E-state index contributed by atoms with van der Waals surface area (Å²) < 4.78 is 6.15. The first-order chi connectivity index (χ1) is 8.67. The Morgan fingerprint density at radius 2 is 2.28 bits per heavy atom. The minimum atomic E-state index is -0.109. The molecule has 5 heteroatoms. The average Bonchev–Trinajstić information content (AvgIpc) is 2.73. The van der Waals surface area contributed by atoms with E-state index in [0.29, 0.717) is 16.4 Å². The number of carbonyl (C=O) groups excluding carboxylic acids is 1. The normalized spacial score (nSPS) is 10.6. The number of methoxy groups -OCH3 is 1. The third-order valence-corrected chi connectivity index (χ3v) is 4.25. The van der Waals surface area contributed by atoms with Crippen molar-refractivity contribution in [3.8, 4) is 5.75 Å². The zero-order chi connectivity index (χ0) is 13.1. The van der Waals surface area contributed by atoms with Gasteiger partial charge >= 0.3 is 0 Å². The van der Waals surface area contributed by atoms with Crippen LogP contribution in [-0.2, 0) is 0 Å². The molecule has 18 heavy (non-hydrogen) atoms. The van der Waals surface area contributed by atoms with Crippen LogP contribution < -0.4 is 10.1 Å². The molecule has 96 valence electrons. The number of fused-ring (bicyclic) bond motifs is 1. The molecule has 0 fully saturated rings. The fraction of sp³-hybridized carbons (Fsp3) is 0.308. The molecule has 0 bridgehead atoms. The van der Waals surface area contributed by atoms with Crippen LogP contribution >= 0.6 is 22.9 Å². The Balaban J connectivity index is 2.41. The molecule has 1 N–H and O–H groups in total. The number of carbonyl (C=O) groups is 1. The van der Waals surface area contributed by atoms with Gasteiger partial charge in [-0.1, -0.05) is 18.5 Å². The van der Waals surface area contributed by atoms with Gasteiger partial charge in [-0.3, -0.25) is 4.79 Å². The van der Waals surface area contributed by atoms with E-state index in [1.807, 2.05) is 25.1 Å². The zero-order valence-corrected chi connectivity index (χ0v) is 11.8. The standard InChI is InChI=1S/C13H14ClNO2S/c1-3-6-15-13(16)12-11(14)9-7-8(17-2)4-5-10(9)18-12/h4-5,7H,3,6H2,1-2H3,(H,15,16). The molecular formula is C13H14ClNO2S. The van der Waals surface area contributed by atoms with Crippen LogP contribution in [0.4, 0.5) is 0 Å². The summed E-state index contributed by atoms with van der Waals surface area (Å²) in [5.41, 5.74) is 0. The Kier molecular flexibility index (Phi) is 4.09. The maximum atomic E-state index is 11.9. The van der Waals surface area contributed by atoms with Crippen molar-refractivity contribution in [2.45, 2.75) is 13.3 Å². The number of hydrogen-bond donors (Lipinski definition) is 1. The minimum absolute atomic E-state index is 0.109. The van der Waals surface area contributed by atoms with Gasteiger partial charge in [0.2, 0.25) is 0 Å². The molecule has 0 unspecified atom stereocenters. The summed E-state index contributed by atoms with van der Waals surface area (Å²) in [6, 6.07) is 5.63. The molecule has 0 radical (unpaired) electrons. The molecule has 1 heterocycles. The van der Waals surface area contributed by atoms with Crippen LogP contribution in [0.15, 0.2) is 18.2 Å². The number of thiophene rings is 1. The van der Waals surface area contributed by atoms with Crippen LogP contribution in [0, 0.1) is 0 Å². The number of halogens is 1. The van der Waals surface area contributed by atoms with E-state index in [1.165, 1.54) is 11.3 Å². The van der Waals surface area contributed by atoms with E-state index in [1.54, 1.807) is 7.11 Å². The van der Waals surface area contributed by atoms with Gasteiger partial charge in [-0.2, -0.15) is 0 Å². The topological polar surface area (TPSA) is 38.3 Å². The number of nitrogens with one attached hydrogen (secondary N) is 1. The highest BCUT2D eigenvalue weighted by molar-refractivity contribution is 7.21. The monoisotopic (exact) mass is 283 g/mol. The van der Waals surface area contributed by atoms with E-state index < -0.39 is 0 Å². The summed E-state index contributed by atoms with van der Waals surface area (Å²) in [7, 11) is 1.61. The summed E-state index contributed by atoms with van der Waals surface area (Å²) in [6.45, 7) is 2.67. The molecule has 2 rings (SSSR count). The summed E-state index contributed by atoms with van der Waals surface area (Å²) in [4.78, 5) is 12.5. The summed E-state index contributed by atoms with van der Waals surface area (Å²) in [6.07, 6.45) is 0.905. The predicted octanol–water partition coefficient (Wildman–Crippen LogP) is 3.70. The lowest BCUT2D eigenvalue weighted by Gasteiger charge is -2.00. The van der Waals surface area contributed by atoms with Crippen LogP contribution in [0.1, 0.15) is 23.0 Å². The quantitative estimate of drug-likeness (QED) is 0.929. The van der Waals surface area contributed by atoms with Crippen LogP contribution in [0.25, 0.3) is 10.1 Å². The second-order valence-electron chi connectivity index (χ2n) is 3.86. The van der Waals surface area contributed by atoms with Gasteiger partial charge in [0.05, 0.1) is 12.1 Å². The molecule has 0 aliphatic rings. The average molecular weight is 284 g/mol. The fourth-order valence-corrected chi connectivity index (χ4v) is 3.04. The number of hydrogen-bond acceptors (Lipinski definition) is 3. The van der Waals surface area contributed by atoms with E-state index in [4.69, 9.17) is 16.3 Å². The van der Waals surface area contributed by atoms with Crippen LogP contribution in [-0.4, -0.2) is 19.6 Å². The van der Waals surface area contributed by atoms with E-state index in [9.17, 15) is 4.79 Å². The Hall–Kier alpha value is -1.26. The number of rotatable bonds is 4. The van der Waals surface area contributed by atoms with Crippen molar-refractivity contribution in [2.75, 3.05) is 13.7 Å². The lowest BCUT2D eigenvalue weighted by atomic mass is 10.2. The summed E-state index contributed by atoms with van der Waals surface area (Å²) in [5, 5.41) is 4.20. The molecule has 3 nitrogen and oxygen atoms in total. The Labute approximate surface area is 115 Å². The number of benzene rings is 1. The van der Waals surface area contributed by atoms with Crippen molar-refractivity contribution in [3.63, 3.8) is 0 Å². The first kappa shape index (κ1) is 13.2. The Bertz CT molecular complexity index is 580. The van der Waals surface area contributed by atoms with E-state index in [2.05, 4.69) is 5.32 Å². The Morgan fingerprint density at radius 3 is 2.94 bits per heavy atom. The maximum Gasteiger partial charge on any atom is 0.262 e. The van der Waals surface area contributed by atoms with Crippen molar-refractivity contribution >= 4 is 38.9 Å². The molecule has 1 aromatic carbocycles. The molecule has 0 saturated heterocycles. The van der Waals surface area contributed by atoms with Gasteiger partial charge in [-0.15, -0.1) is 11.3 Å². The first-order valence-electron chi connectivity index (χ1n) is 5.71. The minimum Gasteiger partial charge on any atom is -0.497 e. The summed E-state index contributed by atoms with van der Waals surface area (Å²) >= 11 is 7.66. The maximum absolute atomic E-state index is 11.9. The number of amides is 1. The lowest BCUT2D eigenvalue weighted by Crippen LogP contribution is -2.23. The molecule has 1 aromatic heterocycles. The Morgan fingerprint density at radius 1 is 1.50 bits per heavy atom. The SMILES string of the molecule is CCCNC(=O)c1sc2ccc(OC)cc2c1Cl. The third kappa shape index (κ3) is 2.44. The molecule has 2 aromatic rings. The molecular weight excluding hydrogens is 270 g/mol. The molecule has 1 amide bonds. The smallest absolute Gasteiger partial charge is 0.262 e. The highest BCUT2D eigenvalue weighted by atomic mass is 35.5. The second-order valence-corrected chi connectivity index (χ2v) is 5.29. The summed E-state index contributed by atoms with van der Waals surface area (Å²) in [5.74, 6) is 0.629. The van der Waals surface area contributed by atoms with Gasteiger partial charge < -0.3 is 10.1 Å². The van der Waals surface area contributed by atoms with Crippen molar-refractivity contribution in [1.82, 2.24) is 5.32 Å². The largest absolute Gasteiger partial charge is 0.497 e. The van der Waals surface area contributed by atoms with Gasteiger partial charge in [0.25, 0.3) is 5.91 Å². The highest BCUT2D eigenvalue weighted by Crippen LogP contribution is 2.37. The van der Waals surface area contributed by atoms with Crippen LogP contribution in [0.5, 0.6) is 5.75 Å². The predicted molar refractivity (Wildman–Crippen MR) is 76.0 cm³/mol. The van der Waals surface area contributed by atoms with Gasteiger partial charge in [-0.05, 0) is 24.6 Å². The lowest BCUT2D eigenvalue weighted by molar-refractivity contribution is 0.0958. The molecule has 0 aliphatic heterocycles. The van der Waals surface area contributed by atoms with Gasteiger partial charge in [0, 0.05) is 16.6 Å². The van der Waals surface area contributed by atoms with Crippen LogP contribution in [0.2, 0.25) is 5.02 Å². The van der Waals surface area contributed by atoms with E-state index in [-0.39, 0.29) is 5.91 Å². The van der Waals surface area contributed by atoms with Gasteiger partial charge in [0.15, 0.2) is 0 Å². The van der Waals surface area contributed by atoms with Crippen molar-refractivity contribution in [2.24, 2.45) is 0 Å². The molecule has 0 aliphatic carbocycles. The van der Waals surface area contributed by atoms with Crippen molar-refractivity contribution in [3.05, 3.63) is 28.1 Å².